The first-order chi connectivity index (χ1) is 10.2. The van der Waals surface area contributed by atoms with Gasteiger partial charge < -0.3 is 9.84 Å². The zero-order valence-electron chi connectivity index (χ0n) is 12.3. The maximum Gasteiger partial charge on any atom is 0.118 e. The number of aliphatic hydroxyl groups is 1. The van der Waals surface area contributed by atoms with Crippen LogP contribution in [0.15, 0.2) is 48.7 Å². The van der Waals surface area contributed by atoms with Gasteiger partial charge >= 0.3 is 0 Å². The van der Waals surface area contributed by atoms with Crippen LogP contribution in [0.5, 0.6) is 5.75 Å². The maximum atomic E-state index is 11.3. The molecule has 3 nitrogen and oxygen atoms in total. The van der Waals surface area contributed by atoms with Crippen LogP contribution in [-0.4, -0.2) is 17.2 Å². The first kappa shape index (κ1) is 14.1. The van der Waals surface area contributed by atoms with Gasteiger partial charge in [0.05, 0.1) is 12.8 Å². The molecule has 1 aromatic heterocycles. The monoisotopic (exact) mass is 283 g/mol. The predicted octanol–water partition coefficient (Wildman–Crippen LogP) is 3.64. The summed E-state index contributed by atoms with van der Waals surface area (Å²) in [6.45, 7) is 0. The number of hydrogen-bond acceptors (Lipinski definition) is 3. The van der Waals surface area contributed by atoms with Gasteiger partial charge in [-0.2, -0.15) is 0 Å². The van der Waals surface area contributed by atoms with E-state index in [2.05, 4.69) is 17.1 Å². The molecule has 2 aromatic rings. The van der Waals surface area contributed by atoms with Gasteiger partial charge in [0.2, 0.25) is 0 Å². The molecule has 0 unspecified atom stereocenters. The van der Waals surface area contributed by atoms with Gasteiger partial charge in [-0.3, -0.25) is 4.98 Å². The Morgan fingerprint density at radius 1 is 1.14 bits per heavy atom. The highest BCUT2D eigenvalue weighted by Crippen LogP contribution is 2.46. The van der Waals surface area contributed by atoms with Crippen LogP contribution in [0.4, 0.5) is 0 Å². The molecule has 1 N–H and O–H groups in total. The average Bonchev–Trinajstić information content (AvgIpc) is 2.56. The lowest BCUT2D eigenvalue weighted by molar-refractivity contribution is -0.0262. The van der Waals surface area contributed by atoms with Gasteiger partial charge in [0.15, 0.2) is 0 Å². The van der Waals surface area contributed by atoms with Crippen LogP contribution in [-0.2, 0) is 5.60 Å². The Kier molecular flexibility index (Phi) is 3.93. The highest BCUT2D eigenvalue weighted by Gasteiger charge is 2.42. The number of rotatable bonds is 3. The minimum Gasteiger partial charge on any atom is -0.497 e. The first-order valence-electron chi connectivity index (χ1n) is 7.52. The Balaban J connectivity index is 1.97. The molecule has 1 aliphatic carbocycles. The van der Waals surface area contributed by atoms with Gasteiger partial charge in [0, 0.05) is 12.1 Å². The molecule has 3 heteroatoms. The van der Waals surface area contributed by atoms with Gasteiger partial charge in [-0.15, -0.1) is 0 Å². The number of hydrogen-bond donors (Lipinski definition) is 1. The largest absolute Gasteiger partial charge is 0.497 e. The Morgan fingerprint density at radius 3 is 2.62 bits per heavy atom. The Labute approximate surface area is 125 Å². The Hall–Kier alpha value is -1.87. The van der Waals surface area contributed by atoms with E-state index in [-0.39, 0.29) is 5.92 Å². The summed E-state index contributed by atoms with van der Waals surface area (Å²) in [5, 5.41) is 11.3. The molecule has 2 atom stereocenters. The molecule has 1 aliphatic rings. The standard InChI is InChI=1S/C18H21NO2/c1-21-15-10-8-14(9-11-15)16-6-2-4-12-18(16,20)17-7-3-5-13-19-17/h3,5,7-11,13,16,20H,2,4,6,12H2,1H3/t16-,18+/m0/s1. The molecular weight excluding hydrogens is 262 g/mol. The summed E-state index contributed by atoms with van der Waals surface area (Å²) in [6.07, 6.45) is 5.69. The van der Waals surface area contributed by atoms with Crippen molar-refractivity contribution in [2.24, 2.45) is 0 Å². The van der Waals surface area contributed by atoms with Gasteiger partial charge in [0.1, 0.15) is 11.4 Å². The number of nitrogens with zero attached hydrogens (tertiary/aromatic N) is 1. The van der Waals surface area contributed by atoms with Crippen molar-refractivity contribution in [3.8, 4) is 5.75 Å². The van der Waals surface area contributed by atoms with E-state index >= 15 is 0 Å². The highest BCUT2D eigenvalue weighted by atomic mass is 16.5. The molecule has 1 saturated carbocycles. The molecule has 0 aliphatic heterocycles. The number of benzene rings is 1. The van der Waals surface area contributed by atoms with Crippen LogP contribution in [0.2, 0.25) is 0 Å². The van der Waals surface area contributed by atoms with Crippen molar-refractivity contribution in [1.29, 1.82) is 0 Å². The van der Waals surface area contributed by atoms with Crippen molar-refractivity contribution in [3.63, 3.8) is 0 Å². The molecule has 1 heterocycles. The van der Waals surface area contributed by atoms with Crippen molar-refractivity contribution in [3.05, 3.63) is 59.9 Å². The van der Waals surface area contributed by atoms with Crippen LogP contribution in [0.3, 0.4) is 0 Å². The minimum absolute atomic E-state index is 0.0899. The SMILES string of the molecule is COc1ccc([C@@H]2CCCC[C@]2(O)c2ccccn2)cc1. The van der Waals surface area contributed by atoms with Crippen LogP contribution in [0.25, 0.3) is 0 Å². The lowest BCUT2D eigenvalue weighted by Crippen LogP contribution is -2.37. The van der Waals surface area contributed by atoms with E-state index in [1.807, 2.05) is 30.3 Å². The van der Waals surface area contributed by atoms with E-state index in [1.54, 1.807) is 13.3 Å². The smallest absolute Gasteiger partial charge is 0.118 e. The molecule has 1 aromatic carbocycles. The number of ether oxygens (including phenoxy) is 1. The molecule has 0 saturated heterocycles. The molecule has 3 rings (SSSR count). The summed E-state index contributed by atoms with van der Waals surface area (Å²) in [7, 11) is 1.67. The van der Waals surface area contributed by atoms with Gasteiger partial charge in [-0.1, -0.05) is 31.0 Å². The second kappa shape index (κ2) is 5.86. The summed E-state index contributed by atoms with van der Waals surface area (Å²) >= 11 is 0. The third-order valence-corrected chi connectivity index (χ3v) is 4.50. The highest BCUT2D eigenvalue weighted by molar-refractivity contribution is 5.33. The van der Waals surface area contributed by atoms with E-state index in [0.29, 0.717) is 0 Å². The molecule has 0 bridgehead atoms. The summed E-state index contributed by atoms with van der Waals surface area (Å²) in [5.41, 5.74) is 1.07. The fraction of sp³-hybridized carbons (Fsp3) is 0.389. The van der Waals surface area contributed by atoms with Crippen LogP contribution < -0.4 is 4.74 Å². The average molecular weight is 283 g/mol. The second-order valence-corrected chi connectivity index (χ2v) is 5.71. The number of pyridine rings is 1. The summed E-state index contributed by atoms with van der Waals surface area (Å²) < 4.78 is 5.22. The quantitative estimate of drug-likeness (QED) is 0.935. The molecule has 21 heavy (non-hydrogen) atoms. The summed E-state index contributed by atoms with van der Waals surface area (Å²) in [4.78, 5) is 4.41. The van der Waals surface area contributed by atoms with Crippen molar-refractivity contribution in [2.45, 2.75) is 37.2 Å². The van der Waals surface area contributed by atoms with E-state index in [0.717, 1.165) is 42.7 Å². The lowest BCUT2D eigenvalue weighted by atomic mass is 9.70. The van der Waals surface area contributed by atoms with E-state index in [1.165, 1.54) is 0 Å². The third-order valence-electron chi connectivity index (χ3n) is 4.50. The van der Waals surface area contributed by atoms with Gasteiger partial charge in [-0.25, -0.2) is 0 Å². The summed E-state index contributed by atoms with van der Waals surface area (Å²) in [5.74, 6) is 0.933. The first-order valence-corrected chi connectivity index (χ1v) is 7.52. The summed E-state index contributed by atoms with van der Waals surface area (Å²) in [6, 6.07) is 13.8. The van der Waals surface area contributed by atoms with Crippen molar-refractivity contribution in [2.75, 3.05) is 7.11 Å². The van der Waals surface area contributed by atoms with E-state index in [4.69, 9.17) is 4.74 Å². The molecule has 0 amide bonds. The van der Waals surface area contributed by atoms with Crippen molar-refractivity contribution >= 4 is 0 Å². The maximum absolute atomic E-state index is 11.3. The Bertz CT molecular complexity index is 582. The zero-order valence-corrected chi connectivity index (χ0v) is 12.3. The predicted molar refractivity (Wildman–Crippen MR) is 82.3 cm³/mol. The van der Waals surface area contributed by atoms with Crippen LogP contribution in [0.1, 0.15) is 42.9 Å². The van der Waals surface area contributed by atoms with Crippen molar-refractivity contribution in [1.82, 2.24) is 4.98 Å². The molecule has 1 fully saturated rings. The fourth-order valence-corrected chi connectivity index (χ4v) is 3.36. The normalized spacial score (nSPS) is 25.5. The van der Waals surface area contributed by atoms with E-state index in [9.17, 15) is 5.11 Å². The van der Waals surface area contributed by atoms with Crippen molar-refractivity contribution < 1.29 is 9.84 Å². The van der Waals surface area contributed by atoms with Crippen LogP contribution >= 0.6 is 0 Å². The van der Waals surface area contributed by atoms with Gasteiger partial charge in [0.25, 0.3) is 0 Å². The zero-order chi connectivity index (χ0) is 14.7. The fourth-order valence-electron chi connectivity index (χ4n) is 3.36. The topological polar surface area (TPSA) is 42.4 Å². The minimum atomic E-state index is -0.867. The lowest BCUT2D eigenvalue weighted by Gasteiger charge is -2.40. The molecule has 0 spiro atoms. The molecule has 0 radical (unpaired) electrons. The molecular formula is C18H21NO2. The number of aromatic nitrogens is 1. The van der Waals surface area contributed by atoms with Gasteiger partial charge in [-0.05, 0) is 42.7 Å². The number of methoxy groups -OCH3 is 1. The van der Waals surface area contributed by atoms with E-state index < -0.39 is 5.60 Å². The van der Waals surface area contributed by atoms with Crippen LogP contribution in [0, 0.1) is 0 Å². The third kappa shape index (κ3) is 2.66. The Morgan fingerprint density at radius 2 is 1.95 bits per heavy atom. The second-order valence-electron chi connectivity index (χ2n) is 5.71. The molecule has 110 valence electrons.